The van der Waals surface area contributed by atoms with E-state index in [0.717, 1.165) is 11.1 Å². The SMILES string of the molecule is Cc1ccc(C(=O)C(=O)NCc2ccc(COCC(F)(F)F)cc2)cc1. The summed E-state index contributed by atoms with van der Waals surface area (Å²) in [7, 11) is 0. The number of benzene rings is 2. The maximum absolute atomic E-state index is 12.0. The Kier molecular flexibility index (Phi) is 6.52. The maximum Gasteiger partial charge on any atom is 0.411 e. The predicted octanol–water partition coefficient (Wildman–Crippen LogP) is 3.57. The molecule has 0 spiro atoms. The van der Waals surface area contributed by atoms with Gasteiger partial charge >= 0.3 is 6.18 Å². The topological polar surface area (TPSA) is 55.4 Å². The van der Waals surface area contributed by atoms with Crippen molar-refractivity contribution in [1.82, 2.24) is 5.32 Å². The van der Waals surface area contributed by atoms with Gasteiger partial charge in [0.1, 0.15) is 6.61 Å². The van der Waals surface area contributed by atoms with E-state index in [1.54, 1.807) is 48.5 Å². The molecule has 26 heavy (non-hydrogen) atoms. The molecule has 1 N–H and O–H groups in total. The third-order valence-electron chi connectivity index (χ3n) is 3.53. The van der Waals surface area contributed by atoms with Gasteiger partial charge < -0.3 is 10.1 Å². The largest absolute Gasteiger partial charge is 0.411 e. The number of alkyl halides is 3. The number of nitrogens with one attached hydrogen (secondary N) is 1. The molecule has 2 aromatic rings. The van der Waals surface area contributed by atoms with E-state index in [1.807, 2.05) is 6.92 Å². The number of amides is 1. The van der Waals surface area contributed by atoms with Gasteiger partial charge in [0, 0.05) is 12.1 Å². The Bertz CT molecular complexity index is 753. The molecule has 0 heterocycles. The maximum atomic E-state index is 12.0. The number of halogens is 3. The molecule has 0 radical (unpaired) electrons. The second kappa shape index (κ2) is 8.62. The molecular formula is C19H18F3NO3. The van der Waals surface area contributed by atoms with Gasteiger partial charge in [0.25, 0.3) is 5.91 Å². The molecule has 0 atom stereocenters. The highest BCUT2D eigenvalue weighted by Gasteiger charge is 2.27. The van der Waals surface area contributed by atoms with Crippen LogP contribution >= 0.6 is 0 Å². The molecule has 2 rings (SSSR count). The van der Waals surface area contributed by atoms with E-state index in [4.69, 9.17) is 0 Å². The van der Waals surface area contributed by atoms with E-state index in [1.165, 1.54) is 0 Å². The number of ketones is 1. The number of hydrogen-bond donors (Lipinski definition) is 1. The number of Topliss-reactive ketones (excluding diaryl/α,β-unsaturated/α-hetero) is 1. The molecule has 2 aromatic carbocycles. The summed E-state index contributed by atoms with van der Waals surface area (Å²) in [5.41, 5.74) is 2.60. The lowest BCUT2D eigenvalue weighted by atomic mass is 10.1. The first-order valence-electron chi connectivity index (χ1n) is 7.86. The van der Waals surface area contributed by atoms with E-state index in [0.29, 0.717) is 11.1 Å². The lowest BCUT2D eigenvalue weighted by Gasteiger charge is -2.09. The van der Waals surface area contributed by atoms with E-state index < -0.39 is 24.5 Å². The summed E-state index contributed by atoms with van der Waals surface area (Å²) in [6.07, 6.45) is -4.35. The van der Waals surface area contributed by atoms with Crippen LogP contribution < -0.4 is 5.32 Å². The average Bonchev–Trinajstić information content (AvgIpc) is 2.60. The molecule has 7 heteroatoms. The Balaban J connectivity index is 1.82. The Labute approximate surface area is 149 Å². The van der Waals surface area contributed by atoms with Gasteiger partial charge in [0.05, 0.1) is 6.61 Å². The number of carbonyl (C=O) groups is 2. The number of ether oxygens (including phenoxy) is 1. The van der Waals surface area contributed by atoms with Gasteiger partial charge in [-0.05, 0) is 18.1 Å². The number of hydrogen-bond acceptors (Lipinski definition) is 3. The summed E-state index contributed by atoms with van der Waals surface area (Å²) in [5, 5.41) is 2.53. The lowest BCUT2D eigenvalue weighted by molar-refractivity contribution is -0.176. The van der Waals surface area contributed by atoms with Gasteiger partial charge in [0.2, 0.25) is 5.78 Å². The summed E-state index contributed by atoms with van der Waals surface area (Å²) in [5.74, 6) is -1.34. The summed E-state index contributed by atoms with van der Waals surface area (Å²) < 4.78 is 40.6. The van der Waals surface area contributed by atoms with Gasteiger partial charge in [-0.15, -0.1) is 0 Å². The standard InChI is InChI=1S/C19H18F3NO3/c1-13-2-8-16(9-3-13)17(24)18(25)23-10-14-4-6-15(7-5-14)11-26-12-19(20,21)22/h2-9H,10-12H2,1H3,(H,23,25). The van der Waals surface area contributed by atoms with E-state index in [9.17, 15) is 22.8 Å². The minimum atomic E-state index is -4.35. The fraction of sp³-hybridized carbons (Fsp3) is 0.263. The van der Waals surface area contributed by atoms with Crippen molar-refractivity contribution in [2.24, 2.45) is 0 Å². The zero-order valence-corrected chi connectivity index (χ0v) is 14.1. The molecule has 0 aliphatic carbocycles. The first-order chi connectivity index (χ1) is 12.2. The second-order valence-electron chi connectivity index (χ2n) is 5.80. The third kappa shape index (κ3) is 6.33. The number of aryl methyl sites for hydroxylation is 1. The average molecular weight is 365 g/mol. The van der Waals surface area contributed by atoms with Crippen LogP contribution in [0.2, 0.25) is 0 Å². The van der Waals surface area contributed by atoms with Crippen LogP contribution in [-0.2, 0) is 22.7 Å². The zero-order chi connectivity index (χ0) is 19.2. The highest BCUT2D eigenvalue weighted by atomic mass is 19.4. The minimum absolute atomic E-state index is 0.139. The molecule has 0 aromatic heterocycles. The first kappa shape index (κ1) is 19.7. The molecule has 0 aliphatic rings. The van der Waals surface area contributed by atoms with Gasteiger partial charge in [-0.2, -0.15) is 13.2 Å². The van der Waals surface area contributed by atoms with Crippen LogP contribution in [0, 0.1) is 6.92 Å². The fourth-order valence-corrected chi connectivity index (χ4v) is 2.14. The Hall–Kier alpha value is -2.67. The second-order valence-corrected chi connectivity index (χ2v) is 5.80. The Morgan fingerprint density at radius 1 is 0.962 bits per heavy atom. The normalized spacial score (nSPS) is 11.2. The monoisotopic (exact) mass is 365 g/mol. The van der Waals surface area contributed by atoms with Crippen molar-refractivity contribution in [2.75, 3.05) is 6.61 Å². The van der Waals surface area contributed by atoms with Crippen molar-refractivity contribution < 1.29 is 27.5 Å². The molecule has 0 saturated heterocycles. The molecule has 138 valence electrons. The van der Waals surface area contributed by atoms with E-state index in [2.05, 4.69) is 10.1 Å². The molecule has 4 nitrogen and oxygen atoms in total. The quantitative estimate of drug-likeness (QED) is 0.603. The van der Waals surface area contributed by atoms with Crippen LogP contribution in [0.25, 0.3) is 0 Å². The minimum Gasteiger partial charge on any atom is -0.367 e. The van der Waals surface area contributed by atoms with Crippen LogP contribution in [0.15, 0.2) is 48.5 Å². The summed E-state index contributed by atoms with van der Waals surface area (Å²) in [4.78, 5) is 23.9. The van der Waals surface area contributed by atoms with Crippen molar-refractivity contribution >= 4 is 11.7 Å². The molecule has 0 unspecified atom stereocenters. The number of rotatable bonds is 7. The lowest BCUT2D eigenvalue weighted by Crippen LogP contribution is -2.30. The first-order valence-corrected chi connectivity index (χ1v) is 7.86. The Morgan fingerprint density at radius 2 is 1.54 bits per heavy atom. The van der Waals surface area contributed by atoms with Crippen molar-refractivity contribution in [2.45, 2.75) is 26.3 Å². The van der Waals surface area contributed by atoms with Crippen LogP contribution in [0.5, 0.6) is 0 Å². The Morgan fingerprint density at radius 3 is 2.12 bits per heavy atom. The highest BCUT2D eigenvalue weighted by Crippen LogP contribution is 2.16. The molecule has 0 saturated carbocycles. The van der Waals surface area contributed by atoms with Gasteiger partial charge in [0.15, 0.2) is 0 Å². The molecule has 0 aliphatic heterocycles. The molecule has 0 fully saturated rings. The fourth-order valence-electron chi connectivity index (χ4n) is 2.14. The smallest absolute Gasteiger partial charge is 0.367 e. The van der Waals surface area contributed by atoms with Crippen molar-refractivity contribution in [3.05, 3.63) is 70.8 Å². The molecule has 1 amide bonds. The van der Waals surface area contributed by atoms with Crippen molar-refractivity contribution in [3.8, 4) is 0 Å². The summed E-state index contributed by atoms with van der Waals surface area (Å²) >= 11 is 0. The molecular weight excluding hydrogens is 347 g/mol. The van der Waals surface area contributed by atoms with Crippen LogP contribution in [-0.4, -0.2) is 24.5 Å². The van der Waals surface area contributed by atoms with Crippen molar-refractivity contribution in [3.63, 3.8) is 0 Å². The van der Waals surface area contributed by atoms with Gasteiger partial charge in [-0.25, -0.2) is 0 Å². The molecule has 0 bridgehead atoms. The van der Waals surface area contributed by atoms with E-state index in [-0.39, 0.29) is 13.2 Å². The van der Waals surface area contributed by atoms with E-state index >= 15 is 0 Å². The van der Waals surface area contributed by atoms with Crippen LogP contribution in [0.1, 0.15) is 27.0 Å². The highest BCUT2D eigenvalue weighted by molar-refractivity contribution is 6.42. The zero-order valence-electron chi connectivity index (χ0n) is 14.1. The van der Waals surface area contributed by atoms with Crippen molar-refractivity contribution in [1.29, 1.82) is 0 Å². The summed E-state index contributed by atoms with van der Waals surface area (Å²) in [6.45, 7) is 0.566. The number of carbonyl (C=O) groups excluding carboxylic acids is 2. The van der Waals surface area contributed by atoms with Gasteiger partial charge in [-0.3, -0.25) is 9.59 Å². The summed E-state index contributed by atoms with van der Waals surface area (Å²) in [6, 6.07) is 13.2. The third-order valence-corrected chi connectivity index (χ3v) is 3.53. The van der Waals surface area contributed by atoms with Crippen LogP contribution in [0.4, 0.5) is 13.2 Å². The predicted molar refractivity (Wildman–Crippen MR) is 89.5 cm³/mol. The van der Waals surface area contributed by atoms with Gasteiger partial charge in [-0.1, -0.05) is 54.1 Å². The van der Waals surface area contributed by atoms with Crippen LogP contribution in [0.3, 0.4) is 0 Å².